The van der Waals surface area contributed by atoms with Crippen LogP contribution >= 0.6 is 0 Å². The van der Waals surface area contributed by atoms with Gasteiger partial charge in [0.1, 0.15) is 36.6 Å². The number of methoxy groups -OCH3 is 1. The van der Waals surface area contributed by atoms with E-state index in [4.69, 9.17) is 9.47 Å². The molecule has 1 atom stereocenters. The van der Waals surface area contributed by atoms with Gasteiger partial charge < -0.3 is 19.7 Å². The van der Waals surface area contributed by atoms with E-state index in [0.29, 0.717) is 17.7 Å². The molecule has 4 rings (SSSR count). The van der Waals surface area contributed by atoms with E-state index in [9.17, 15) is 23.2 Å². The van der Waals surface area contributed by atoms with Crippen LogP contribution in [-0.4, -0.2) is 51.0 Å². The number of esters is 1. The summed E-state index contributed by atoms with van der Waals surface area (Å²) < 4.78 is 40.4. The highest BCUT2D eigenvalue weighted by molar-refractivity contribution is 6.88. The summed E-state index contributed by atoms with van der Waals surface area (Å²) in [5, 5.41) is 2.64. The van der Waals surface area contributed by atoms with Crippen molar-refractivity contribution in [2.75, 3.05) is 20.2 Å². The van der Waals surface area contributed by atoms with Crippen molar-refractivity contribution in [3.63, 3.8) is 0 Å². The summed E-state index contributed by atoms with van der Waals surface area (Å²) in [6.45, 7) is 5.42. The summed E-state index contributed by atoms with van der Waals surface area (Å²) in [5.74, 6) is -1.74. The van der Waals surface area contributed by atoms with Gasteiger partial charge in [0.15, 0.2) is 5.78 Å². The Morgan fingerprint density at radius 1 is 0.976 bits per heavy atom. The maximum atomic E-state index is 14.9. The Morgan fingerprint density at radius 3 is 2.29 bits per heavy atom. The van der Waals surface area contributed by atoms with Gasteiger partial charge in [0, 0.05) is 18.2 Å². The molecule has 7 nitrogen and oxygen atoms in total. The Morgan fingerprint density at radius 2 is 1.66 bits per heavy atom. The minimum absolute atomic E-state index is 0.0686. The van der Waals surface area contributed by atoms with Crippen molar-refractivity contribution >= 4 is 31.0 Å². The van der Waals surface area contributed by atoms with Crippen LogP contribution in [0.2, 0.25) is 19.6 Å². The lowest BCUT2D eigenvalue weighted by Gasteiger charge is -2.36. The topological polar surface area (TPSA) is 84.9 Å². The number of ketones is 1. The van der Waals surface area contributed by atoms with E-state index >= 15 is 0 Å². The monoisotopic (exact) mass is 580 g/mol. The standard InChI is InChI=1S/C31H34F2N2O5Si/c1-39-23-10-11-24-22(17-23)12-13-35(31(38)34-18-28(37)40-19-20-8-6-5-7-9-20)29(24)27(36)16-21-14-25(32)30(26(33)15-21)41(2,3)4/h5-11,14-15,17,29H,12-13,16,18-19H2,1-4H3,(H,34,38)/t29-/m1/s1. The molecule has 1 heterocycles. The summed E-state index contributed by atoms with van der Waals surface area (Å²) in [5.41, 5.74) is 2.44. The minimum atomic E-state index is -2.29. The van der Waals surface area contributed by atoms with Crippen molar-refractivity contribution in [2.45, 2.75) is 45.1 Å². The van der Waals surface area contributed by atoms with Crippen molar-refractivity contribution in [2.24, 2.45) is 0 Å². The van der Waals surface area contributed by atoms with Crippen LogP contribution < -0.4 is 15.2 Å². The molecule has 1 aliphatic heterocycles. The highest BCUT2D eigenvalue weighted by Gasteiger charge is 2.36. The van der Waals surface area contributed by atoms with E-state index in [1.165, 1.54) is 24.1 Å². The van der Waals surface area contributed by atoms with Crippen LogP contribution in [0.3, 0.4) is 0 Å². The summed E-state index contributed by atoms with van der Waals surface area (Å²) >= 11 is 0. The molecule has 0 unspecified atom stereocenters. The van der Waals surface area contributed by atoms with Crippen molar-refractivity contribution in [1.82, 2.24) is 10.2 Å². The van der Waals surface area contributed by atoms with Crippen LogP contribution in [-0.2, 0) is 33.8 Å². The quantitative estimate of drug-likeness (QED) is 0.294. The van der Waals surface area contributed by atoms with Gasteiger partial charge in [0.05, 0.1) is 15.2 Å². The summed E-state index contributed by atoms with van der Waals surface area (Å²) in [6.07, 6.45) is 0.176. The number of rotatable bonds is 9. The van der Waals surface area contributed by atoms with Gasteiger partial charge in [-0.25, -0.2) is 13.6 Å². The second-order valence-corrected chi connectivity index (χ2v) is 16.0. The third-order valence-electron chi connectivity index (χ3n) is 7.00. The number of halogens is 2. The first-order valence-corrected chi connectivity index (χ1v) is 16.9. The van der Waals surface area contributed by atoms with Crippen LogP contribution in [0.4, 0.5) is 13.6 Å². The lowest BCUT2D eigenvalue weighted by atomic mass is 9.88. The fourth-order valence-electron chi connectivity index (χ4n) is 5.08. The number of amides is 2. The Kier molecular flexibility index (Phi) is 9.22. The fourth-order valence-corrected chi connectivity index (χ4v) is 6.65. The molecule has 0 bridgehead atoms. The zero-order valence-electron chi connectivity index (χ0n) is 23.6. The number of carbonyl (C=O) groups excluding carboxylic acids is 3. The average molecular weight is 581 g/mol. The Hall–Kier alpha value is -4.05. The molecule has 0 aliphatic carbocycles. The Balaban J connectivity index is 1.53. The normalized spacial score (nSPS) is 14.7. The Labute approximate surface area is 239 Å². The molecule has 2 amide bonds. The molecule has 0 spiro atoms. The van der Waals surface area contributed by atoms with E-state index in [1.54, 1.807) is 12.1 Å². The van der Waals surface area contributed by atoms with Gasteiger partial charge in [-0.1, -0.05) is 56.0 Å². The molecule has 10 heteroatoms. The molecule has 1 N–H and O–H groups in total. The van der Waals surface area contributed by atoms with Crippen molar-refractivity contribution in [3.8, 4) is 5.75 Å². The summed E-state index contributed by atoms with van der Waals surface area (Å²) in [4.78, 5) is 40.6. The molecule has 0 fully saturated rings. The smallest absolute Gasteiger partial charge is 0.325 e. The molecule has 3 aromatic rings. The molecule has 3 aromatic carbocycles. The molecule has 216 valence electrons. The third kappa shape index (κ3) is 7.18. The van der Waals surface area contributed by atoms with Crippen LogP contribution in [0.15, 0.2) is 60.7 Å². The molecule has 41 heavy (non-hydrogen) atoms. The predicted octanol–water partition coefficient (Wildman–Crippen LogP) is 4.68. The van der Waals surface area contributed by atoms with Gasteiger partial charge in [0.25, 0.3) is 0 Å². The SMILES string of the molecule is COc1ccc2c(c1)CCN(C(=O)NCC(=O)OCc1ccccc1)[C@H]2C(=O)Cc1cc(F)c([Si](C)(C)C)c(F)c1. The molecule has 0 saturated heterocycles. The van der Waals surface area contributed by atoms with Crippen LogP contribution in [0, 0.1) is 11.6 Å². The number of ether oxygens (including phenoxy) is 2. The van der Waals surface area contributed by atoms with Gasteiger partial charge in [0.2, 0.25) is 0 Å². The second kappa shape index (κ2) is 12.6. The van der Waals surface area contributed by atoms with Crippen molar-refractivity contribution < 1.29 is 32.6 Å². The molecule has 1 aliphatic rings. The average Bonchev–Trinajstić information content (AvgIpc) is 2.93. The van der Waals surface area contributed by atoms with Crippen molar-refractivity contribution in [3.05, 3.63) is 94.6 Å². The lowest BCUT2D eigenvalue weighted by Crippen LogP contribution is -2.49. The number of nitrogens with zero attached hydrogens (tertiary/aromatic N) is 1. The van der Waals surface area contributed by atoms with E-state index in [0.717, 1.165) is 11.1 Å². The predicted molar refractivity (Wildman–Crippen MR) is 154 cm³/mol. The number of benzene rings is 3. The van der Waals surface area contributed by atoms with Gasteiger partial charge in [-0.3, -0.25) is 9.59 Å². The van der Waals surface area contributed by atoms with Gasteiger partial charge in [-0.05, 0) is 52.9 Å². The molecular formula is C31H34F2N2O5Si. The number of fused-ring (bicyclic) bond motifs is 1. The van der Waals surface area contributed by atoms with E-state index in [-0.39, 0.29) is 36.9 Å². The largest absolute Gasteiger partial charge is 0.497 e. The van der Waals surface area contributed by atoms with E-state index < -0.39 is 43.5 Å². The number of carbonyl (C=O) groups is 3. The van der Waals surface area contributed by atoms with Crippen LogP contribution in [0.1, 0.15) is 28.3 Å². The molecular weight excluding hydrogens is 546 g/mol. The maximum Gasteiger partial charge on any atom is 0.325 e. The van der Waals surface area contributed by atoms with E-state index in [2.05, 4.69) is 5.32 Å². The minimum Gasteiger partial charge on any atom is -0.497 e. The Bertz CT molecular complexity index is 1420. The lowest BCUT2D eigenvalue weighted by molar-refractivity contribution is -0.143. The first-order chi connectivity index (χ1) is 19.5. The number of hydrogen-bond donors (Lipinski definition) is 1. The number of hydrogen-bond acceptors (Lipinski definition) is 5. The molecule has 0 aromatic heterocycles. The first kappa shape index (κ1) is 29.9. The number of urea groups is 1. The van der Waals surface area contributed by atoms with Crippen LogP contribution in [0.5, 0.6) is 5.75 Å². The highest BCUT2D eigenvalue weighted by Crippen LogP contribution is 2.34. The van der Waals surface area contributed by atoms with Gasteiger partial charge >= 0.3 is 12.0 Å². The van der Waals surface area contributed by atoms with Gasteiger partial charge in [-0.2, -0.15) is 0 Å². The van der Waals surface area contributed by atoms with Crippen LogP contribution in [0.25, 0.3) is 0 Å². The maximum absolute atomic E-state index is 14.9. The zero-order chi connectivity index (χ0) is 29.7. The second-order valence-electron chi connectivity index (χ2n) is 11.0. The van der Waals surface area contributed by atoms with Crippen molar-refractivity contribution in [1.29, 1.82) is 0 Å². The first-order valence-electron chi connectivity index (χ1n) is 13.4. The highest BCUT2D eigenvalue weighted by atomic mass is 28.3. The number of nitrogens with one attached hydrogen (secondary N) is 1. The van der Waals surface area contributed by atoms with Gasteiger partial charge in [-0.15, -0.1) is 0 Å². The summed E-state index contributed by atoms with van der Waals surface area (Å²) in [7, 11) is -0.751. The van der Waals surface area contributed by atoms with E-state index in [1.807, 2.05) is 56.0 Å². The summed E-state index contributed by atoms with van der Waals surface area (Å²) in [6, 6.07) is 15.2. The molecule has 0 radical (unpaired) electrons. The zero-order valence-corrected chi connectivity index (χ0v) is 24.6. The fraction of sp³-hybridized carbons (Fsp3) is 0.323. The number of Topliss-reactive ketones (excluding diaryl/α,β-unsaturated/α-hetero) is 1. The third-order valence-corrected chi connectivity index (χ3v) is 8.98. The molecule has 0 saturated carbocycles.